The van der Waals surface area contributed by atoms with E-state index < -0.39 is 0 Å². The number of aryl methyl sites for hydroxylation is 1. The third-order valence-electron chi connectivity index (χ3n) is 6.26. The van der Waals surface area contributed by atoms with Gasteiger partial charge in [-0.05, 0) is 53.4 Å². The van der Waals surface area contributed by atoms with E-state index in [2.05, 4.69) is 65.5 Å². The van der Waals surface area contributed by atoms with Crippen molar-refractivity contribution < 1.29 is 4.79 Å². The van der Waals surface area contributed by atoms with Gasteiger partial charge in [0, 0.05) is 49.8 Å². The van der Waals surface area contributed by atoms with Gasteiger partial charge in [0.1, 0.15) is 0 Å². The zero-order valence-corrected chi connectivity index (χ0v) is 18.9. The number of rotatable bonds is 5. The number of anilines is 1. The highest BCUT2D eigenvalue weighted by atomic mass is 16.2. The number of nitrogens with zero attached hydrogens (tertiary/aromatic N) is 4. The van der Waals surface area contributed by atoms with Crippen LogP contribution in [0.25, 0.3) is 11.1 Å². The SMILES string of the molecule is Cc1cccc(N2CCN(C(=O)c3ccccc3-c3ccc(Cn4cccn4)cc3)CC2)c1. The molecule has 0 aliphatic carbocycles. The number of hydrogen-bond donors (Lipinski definition) is 0. The molecule has 1 saturated heterocycles. The molecule has 1 amide bonds. The second-order valence-electron chi connectivity index (χ2n) is 8.56. The summed E-state index contributed by atoms with van der Waals surface area (Å²) < 4.78 is 1.91. The third kappa shape index (κ3) is 4.67. The van der Waals surface area contributed by atoms with Gasteiger partial charge in [-0.15, -0.1) is 0 Å². The lowest BCUT2D eigenvalue weighted by Gasteiger charge is -2.36. The summed E-state index contributed by atoms with van der Waals surface area (Å²) in [4.78, 5) is 17.8. The quantitative estimate of drug-likeness (QED) is 0.448. The molecule has 1 aliphatic rings. The van der Waals surface area contributed by atoms with E-state index in [1.54, 1.807) is 6.20 Å². The highest BCUT2D eigenvalue weighted by Crippen LogP contribution is 2.26. The first-order chi connectivity index (χ1) is 16.2. The molecule has 5 heteroatoms. The van der Waals surface area contributed by atoms with E-state index in [1.807, 2.05) is 46.1 Å². The Morgan fingerprint density at radius 3 is 2.39 bits per heavy atom. The van der Waals surface area contributed by atoms with Gasteiger partial charge in [0.15, 0.2) is 0 Å². The summed E-state index contributed by atoms with van der Waals surface area (Å²) in [7, 11) is 0. The van der Waals surface area contributed by atoms with E-state index in [0.717, 1.165) is 49.4 Å². The largest absolute Gasteiger partial charge is 0.368 e. The first-order valence-corrected chi connectivity index (χ1v) is 11.4. The van der Waals surface area contributed by atoms with Gasteiger partial charge in [-0.1, -0.05) is 54.6 Å². The highest BCUT2D eigenvalue weighted by molar-refractivity contribution is 6.01. The van der Waals surface area contributed by atoms with Crippen molar-refractivity contribution in [3.63, 3.8) is 0 Å². The molecule has 1 fully saturated rings. The average molecular weight is 437 g/mol. The maximum Gasteiger partial charge on any atom is 0.254 e. The van der Waals surface area contributed by atoms with E-state index >= 15 is 0 Å². The van der Waals surface area contributed by atoms with Crippen LogP contribution in [0.15, 0.2) is 91.3 Å². The van der Waals surface area contributed by atoms with Crippen LogP contribution in [0, 0.1) is 6.92 Å². The fourth-order valence-electron chi connectivity index (χ4n) is 4.45. The van der Waals surface area contributed by atoms with Crippen LogP contribution in [0.2, 0.25) is 0 Å². The Morgan fingerprint density at radius 1 is 0.879 bits per heavy atom. The predicted octanol–water partition coefficient (Wildman–Crippen LogP) is 4.87. The Hall–Kier alpha value is -3.86. The number of piperazine rings is 1. The Balaban J connectivity index is 1.30. The predicted molar refractivity (Wildman–Crippen MR) is 133 cm³/mol. The standard InChI is InChI=1S/C28H28N4O/c1-22-6-4-7-25(20-22)30-16-18-31(19-17-30)28(33)27-9-3-2-8-26(27)24-12-10-23(11-13-24)21-32-15-5-14-29-32/h2-15,20H,16-19,21H2,1H3. The number of carbonyl (C=O) groups is 1. The van der Waals surface area contributed by atoms with Crippen molar-refractivity contribution in [2.45, 2.75) is 13.5 Å². The fourth-order valence-corrected chi connectivity index (χ4v) is 4.45. The summed E-state index contributed by atoms with van der Waals surface area (Å²) in [6.07, 6.45) is 3.75. The number of aromatic nitrogens is 2. The van der Waals surface area contributed by atoms with Crippen molar-refractivity contribution in [3.05, 3.63) is 108 Å². The zero-order chi connectivity index (χ0) is 22.6. The van der Waals surface area contributed by atoms with Crippen LogP contribution >= 0.6 is 0 Å². The fraction of sp³-hybridized carbons (Fsp3) is 0.214. The molecular formula is C28H28N4O. The van der Waals surface area contributed by atoms with Gasteiger partial charge in [-0.25, -0.2) is 0 Å². The molecule has 33 heavy (non-hydrogen) atoms. The van der Waals surface area contributed by atoms with Crippen LogP contribution in [0.3, 0.4) is 0 Å². The van der Waals surface area contributed by atoms with Crippen LogP contribution < -0.4 is 4.90 Å². The molecule has 2 heterocycles. The first-order valence-electron chi connectivity index (χ1n) is 11.4. The van der Waals surface area contributed by atoms with E-state index in [9.17, 15) is 4.79 Å². The molecule has 1 aliphatic heterocycles. The summed E-state index contributed by atoms with van der Waals surface area (Å²) in [5, 5.41) is 4.27. The molecule has 0 spiro atoms. The molecule has 0 saturated carbocycles. The maximum atomic E-state index is 13.5. The van der Waals surface area contributed by atoms with Crippen LogP contribution in [-0.2, 0) is 6.54 Å². The number of hydrogen-bond acceptors (Lipinski definition) is 3. The van der Waals surface area contributed by atoms with Gasteiger partial charge in [-0.3, -0.25) is 9.48 Å². The minimum Gasteiger partial charge on any atom is -0.368 e. The molecule has 0 radical (unpaired) electrons. The van der Waals surface area contributed by atoms with Crippen molar-refractivity contribution in [2.24, 2.45) is 0 Å². The molecule has 0 atom stereocenters. The van der Waals surface area contributed by atoms with Gasteiger partial charge in [0.25, 0.3) is 5.91 Å². The minimum absolute atomic E-state index is 0.107. The third-order valence-corrected chi connectivity index (χ3v) is 6.26. The van der Waals surface area contributed by atoms with Crippen LogP contribution in [-0.4, -0.2) is 46.8 Å². The Bertz CT molecular complexity index is 1220. The Kier molecular flexibility index (Phi) is 5.94. The second-order valence-corrected chi connectivity index (χ2v) is 8.56. The average Bonchev–Trinajstić information content (AvgIpc) is 3.37. The van der Waals surface area contributed by atoms with Crippen LogP contribution in [0.1, 0.15) is 21.5 Å². The molecule has 0 bridgehead atoms. The summed E-state index contributed by atoms with van der Waals surface area (Å²) in [5.41, 5.74) is 6.48. The summed E-state index contributed by atoms with van der Waals surface area (Å²) in [6, 6.07) is 26.9. The van der Waals surface area contributed by atoms with E-state index in [4.69, 9.17) is 0 Å². The van der Waals surface area contributed by atoms with Crippen LogP contribution in [0.5, 0.6) is 0 Å². The maximum absolute atomic E-state index is 13.5. The van der Waals surface area contributed by atoms with Crippen molar-refractivity contribution in [3.8, 4) is 11.1 Å². The monoisotopic (exact) mass is 436 g/mol. The zero-order valence-electron chi connectivity index (χ0n) is 18.9. The molecule has 4 aromatic rings. The molecular weight excluding hydrogens is 408 g/mol. The first kappa shape index (κ1) is 21.0. The van der Waals surface area contributed by atoms with Crippen molar-refractivity contribution in [2.75, 3.05) is 31.1 Å². The van der Waals surface area contributed by atoms with Gasteiger partial charge < -0.3 is 9.80 Å². The van der Waals surface area contributed by atoms with Crippen molar-refractivity contribution in [1.29, 1.82) is 0 Å². The molecule has 1 aromatic heterocycles. The van der Waals surface area contributed by atoms with Crippen molar-refractivity contribution >= 4 is 11.6 Å². The molecule has 3 aromatic carbocycles. The lowest BCUT2D eigenvalue weighted by atomic mass is 9.97. The molecule has 0 unspecified atom stereocenters. The summed E-state index contributed by atoms with van der Waals surface area (Å²) >= 11 is 0. The highest BCUT2D eigenvalue weighted by Gasteiger charge is 2.24. The topological polar surface area (TPSA) is 41.4 Å². The smallest absolute Gasteiger partial charge is 0.254 e. The van der Waals surface area contributed by atoms with E-state index in [1.165, 1.54) is 16.8 Å². The number of amides is 1. The summed E-state index contributed by atoms with van der Waals surface area (Å²) in [6.45, 7) is 6.00. The summed E-state index contributed by atoms with van der Waals surface area (Å²) in [5.74, 6) is 0.107. The number of benzene rings is 3. The van der Waals surface area contributed by atoms with Gasteiger partial charge in [-0.2, -0.15) is 5.10 Å². The molecule has 5 rings (SSSR count). The lowest BCUT2D eigenvalue weighted by Crippen LogP contribution is -2.48. The Labute approximate surface area is 194 Å². The second kappa shape index (κ2) is 9.33. The molecule has 5 nitrogen and oxygen atoms in total. The van der Waals surface area contributed by atoms with Crippen LogP contribution in [0.4, 0.5) is 5.69 Å². The van der Waals surface area contributed by atoms with Gasteiger partial charge in [0.2, 0.25) is 0 Å². The van der Waals surface area contributed by atoms with Gasteiger partial charge in [0.05, 0.1) is 6.54 Å². The van der Waals surface area contributed by atoms with E-state index in [-0.39, 0.29) is 5.91 Å². The van der Waals surface area contributed by atoms with E-state index in [0.29, 0.717) is 0 Å². The molecule has 0 N–H and O–H groups in total. The normalized spacial score (nSPS) is 13.8. The minimum atomic E-state index is 0.107. The van der Waals surface area contributed by atoms with Gasteiger partial charge >= 0.3 is 0 Å². The number of carbonyl (C=O) groups excluding carboxylic acids is 1. The lowest BCUT2D eigenvalue weighted by molar-refractivity contribution is 0.0747. The molecule has 166 valence electrons. The Morgan fingerprint density at radius 2 is 1.67 bits per heavy atom. The van der Waals surface area contributed by atoms with Crippen molar-refractivity contribution in [1.82, 2.24) is 14.7 Å².